The van der Waals surface area contributed by atoms with Crippen molar-refractivity contribution in [1.82, 2.24) is 9.97 Å². The molecule has 0 unspecified atom stereocenters. The van der Waals surface area contributed by atoms with Crippen LogP contribution in [0.3, 0.4) is 0 Å². The van der Waals surface area contributed by atoms with Gasteiger partial charge in [0.2, 0.25) is 0 Å². The van der Waals surface area contributed by atoms with Gasteiger partial charge in [-0.2, -0.15) is 0 Å². The van der Waals surface area contributed by atoms with Crippen LogP contribution in [0, 0.1) is 6.92 Å². The average molecular weight is 187 g/mol. The molecule has 0 aromatic carbocycles. The summed E-state index contributed by atoms with van der Waals surface area (Å²) in [6.07, 6.45) is 0.947. The molecule has 1 atom stereocenters. The number of aliphatic carboxylic acids is 1. The van der Waals surface area contributed by atoms with E-state index in [0.29, 0.717) is 11.5 Å². The van der Waals surface area contributed by atoms with Crippen LogP contribution < -0.4 is 5.73 Å². The highest BCUT2D eigenvalue weighted by Gasteiger charge is 2.34. The van der Waals surface area contributed by atoms with Crippen LogP contribution in [0.25, 0.3) is 0 Å². The molecule has 0 amide bonds. The number of nitrogens with zero attached hydrogens (tertiary/aromatic N) is 1. The molecule has 13 heavy (non-hydrogen) atoms. The second-order valence-electron chi connectivity index (χ2n) is 2.84. The Bertz CT molecular complexity index is 321. The lowest BCUT2D eigenvalue weighted by Gasteiger charge is -2.12. The number of rotatable bonds is 3. The summed E-state index contributed by atoms with van der Waals surface area (Å²) in [7, 11) is 0. The normalized spacial score (nSPS) is 15.3. The number of carbonyl (C=O) groups is 1. The van der Waals surface area contributed by atoms with Crippen LogP contribution in [-0.4, -0.2) is 26.8 Å². The fraction of sp³-hybridized carbons (Fsp3) is 0.429. The van der Waals surface area contributed by atoms with Gasteiger partial charge in [0.05, 0.1) is 0 Å². The Morgan fingerprint density at radius 1 is 1.92 bits per heavy atom. The van der Waals surface area contributed by atoms with Crippen LogP contribution in [0.5, 0.6) is 0 Å². The Balaban J connectivity index is 2.74. The molecule has 0 saturated carbocycles. The third-order valence-corrected chi connectivity index (χ3v) is 1.56. The molecule has 1 aromatic rings. The second-order valence-corrected chi connectivity index (χ2v) is 2.84. The second kappa shape index (κ2) is 3.14. The van der Waals surface area contributed by atoms with Crippen molar-refractivity contribution in [2.75, 3.05) is 0 Å². The van der Waals surface area contributed by atoms with Crippen molar-refractivity contribution in [3.05, 3.63) is 17.7 Å². The summed E-state index contributed by atoms with van der Waals surface area (Å²) in [5, 5.41) is 8.38. The summed E-state index contributed by atoms with van der Waals surface area (Å²) in [6, 6.07) is 0. The first-order valence-corrected chi connectivity index (χ1v) is 3.63. The first kappa shape index (κ1) is 9.66. The summed E-state index contributed by atoms with van der Waals surface area (Å²) >= 11 is 0. The Hall–Kier alpha value is -1.43. The molecule has 0 fully saturated rings. The van der Waals surface area contributed by atoms with Gasteiger partial charge in [0.25, 0.3) is 5.79 Å². The van der Waals surface area contributed by atoms with Crippen molar-refractivity contribution in [3.63, 3.8) is 0 Å². The molecule has 6 heteroatoms. The van der Waals surface area contributed by atoms with Gasteiger partial charge in [-0.25, -0.2) is 14.2 Å². The molecule has 0 spiro atoms. The van der Waals surface area contributed by atoms with Crippen molar-refractivity contribution in [2.45, 2.75) is 19.1 Å². The Morgan fingerprint density at radius 3 is 2.92 bits per heavy atom. The summed E-state index contributed by atoms with van der Waals surface area (Å²) in [6.45, 7) is 1.68. The molecule has 0 bridgehead atoms. The smallest absolute Gasteiger partial charge is 0.357 e. The molecule has 1 rings (SSSR count). The molecule has 0 aliphatic carbocycles. The molecule has 0 saturated heterocycles. The number of imidazole rings is 1. The van der Waals surface area contributed by atoms with E-state index in [1.54, 1.807) is 6.92 Å². The van der Waals surface area contributed by atoms with Gasteiger partial charge in [0.15, 0.2) is 0 Å². The molecule has 5 nitrogen and oxygen atoms in total. The minimum absolute atomic E-state index is 0.366. The summed E-state index contributed by atoms with van der Waals surface area (Å²) in [5.74, 6) is -3.82. The van der Waals surface area contributed by atoms with Crippen LogP contribution in [0.1, 0.15) is 11.5 Å². The number of hydrogen-bond acceptors (Lipinski definition) is 3. The van der Waals surface area contributed by atoms with E-state index in [0.717, 1.165) is 0 Å². The van der Waals surface area contributed by atoms with Gasteiger partial charge >= 0.3 is 5.97 Å². The number of hydrogen-bond donors (Lipinski definition) is 3. The van der Waals surface area contributed by atoms with E-state index in [1.165, 1.54) is 6.20 Å². The zero-order valence-electron chi connectivity index (χ0n) is 7.04. The highest BCUT2D eigenvalue weighted by Crippen LogP contribution is 2.10. The SMILES string of the molecule is Cc1ncc(C[C@@](N)(F)C(=O)O)[nH]1. The molecular weight excluding hydrogens is 177 g/mol. The van der Waals surface area contributed by atoms with E-state index in [2.05, 4.69) is 9.97 Å². The highest BCUT2D eigenvalue weighted by molar-refractivity contribution is 5.76. The zero-order valence-corrected chi connectivity index (χ0v) is 7.04. The summed E-state index contributed by atoms with van der Waals surface area (Å²) in [4.78, 5) is 16.8. The molecular formula is C7H10FN3O2. The maximum absolute atomic E-state index is 13.0. The van der Waals surface area contributed by atoms with Gasteiger partial charge in [-0.05, 0) is 6.92 Å². The van der Waals surface area contributed by atoms with Crippen LogP contribution >= 0.6 is 0 Å². The molecule has 1 heterocycles. The van der Waals surface area contributed by atoms with E-state index in [-0.39, 0.29) is 0 Å². The number of carboxylic acid groups (broad SMARTS) is 1. The van der Waals surface area contributed by atoms with E-state index in [1.807, 2.05) is 0 Å². The number of H-pyrrole nitrogens is 1. The number of alkyl halides is 1. The van der Waals surface area contributed by atoms with E-state index in [4.69, 9.17) is 10.8 Å². The monoisotopic (exact) mass is 187 g/mol. The van der Waals surface area contributed by atoms with Gasteiger partial charge < -0.3 is 10.1 Å². The summed E-state index contributed by atoms with van der Waals surface area (Å²) in [5.41, 5.74) is 5.25. The lowest BCUT2D eigenvalue weighted by Crippen LogP contribution is -2.45. The number of nitrogens with one attached hydrogen (secondary N) is 1. The minimum Gasteiger partial charge on any atom is -0.478 e. The van der Waals surface area contributed by atoms with E-state index in [9.17, 15) is 9.18 Å². The predicted octanol–water partition coefficient (Wildman–Crippen LogP) is -0.0303. The van der Waals surface area contributed by atoms with Crippen molar-refractivity contribution in [3.8, 4) is 0 Å². The number of aromatic amines is 1. The van der Waals surface area contributed by atoms with E-state index < -0.39 is 18.2 Å². The van der Waals surface area contributed by atoms with Crippen LogP contribution in [0.4, 0.5) is 4.39 Å². The third kappa shape index (κ3) is 2.25. The lowest BCUT2D eigenvalue weighted by atomic mass is 10.1. The average Bonchev–Trinajstić information content (AvgIpc) is 2.34. The standard InChI is InChI=1S/C7H10FN3O2/c1-4-10-3-5(11-4)2-7(8,9)6(12)13/h3H,2,9H2,1H3,(H,10,11)(H,12,13)/t7-/m0/s1. The largest absolute Gasteiger partial charge is 0.478 e. The number of aromatic nitrogens is 2. The van der Waals surface area contributed by atoms with Gasteiger partial charge in [-0.3, -0.25) is 5.73 Å². The van der Waals surface area contributed by atoms with Crippen LogP contribution in [0.2, 0.25) is 0 Å². The van der Waals surface area contributed by atoms with Gasteiger partial charge in [-0.15, -0.1) is 0 Å². The predicted molar refractivity (Wildman–Crippen MR) is 42.7 cm³/mol. The van der Waals surface area contributed by atoms with Crippen LogP contribution in [-0.2, 0) is 11.2 Å². The van der Waals surface area contributed by atoms with Crippen molar-refractivity contribution in [2.24, 2.45) is 5.73 Å². The molecule has 4 N–H and O–H groups in total. The Morgan fingerprint density at radius 2 is 2.54 bits per heavy atom. The fourth-order valence-corrected chi connectivity index (χ4v) is 0.914. The first-order chi connectivity index (χ1) is 5.92. The Labute approximate surface area is 73.8 Å². The van der Waals surface area contributed by atoms with Crippen molar-refractivity contribution in [1.29, 1.82) is 0 Å². The molecule has 0 aliphatic rings. The lowest BCUT2D eigenvalue weighted by molar-refractivity contribution is -0.150. The zero-order chi connectivity index (χ0) is 10.1. The number of aryl methyl sites for hydroxylation is 1. The molecule has 72 valence electrons. The number of nitrogens with two attached hydrogens (primary N) is 1. The fourth-order valence-electron chi connectivity index (χ4n) is 0.914. The minimum atomic E-state index is -2.74. The van der Waals surface area contributed by atoms with Gasteiger partial charge in [0.1, 0.15) is 5.82 Å². The molecule has 0 radical (unpaired) electrons. The van der Waals surface area contributed by atoms with Crippen molar-refractivity contribution < 1.29 is 14.3 Å². The first-order valence-electron chi connectivity index (χ1n) is 3.63. The number of carboxylic acids is 1. The highest BCUT2D eigenvalue weighted by atomic mass is 19.1. The summed E-state index contributed by atoms with van der Waals surface area (Å²) < 4.78 is 13.0. The molecule has 1 aromatic heterocycles. The van der Waals surface area contributed by atoms with Gasteiger partial charge in [-0.1, -0.05) is 0 Å². The maximum atomic E-state index is 13.0. The maximum Gasteiger partial charge on any atom is 0.357 e. The molecule has 0 aliphatic heterocycles. The number of halogens is 1. The third-order valence-electron chi connectivity index (χ3n) is 1.56. The van der Waals surface area contributed by atoms with Gasteiger partial charge in [0, 0.05) is 18.3 Å². The topological polar surface area (TPSA) is 92.0 Å². The van der Waals surface area contributed by atoms with E-state index >= 15 is 0 Å². The van der Waals surface area contributed by atoms with Crippen molar-refractivity contribution >= 4 is 5.97 Å². The van der Waals surface area contributed by atoms with Crippen LogP contribution in [0.15, 0.2) is 6.20 Å². The quantitative estimate of drug-likeness (QED) is 0.579. The Kier molecular flexibility index (Phi) is 2.33.